The molecule has 2 aromatic rings. The summed E-state index contributed by atoms with van der Waals surface area (Å²) in [6.45, 7) is 0.139. The van der Waals surface area contributed by atoms with Gasteiger partial charge >= 0.3 is 0 Å². The molecular weight excluding hydrogens is 470 g/mol. The van der Waals surface area contributed by atoms with Crippen molar-refractivity contribution in [3.8, 4) is 11.5 Å². The van der Waals surface area contributed by atoms with E-state index >= 15 is 0 Å². The van der Waals surface area contributed by atoms with Crippen LogP contribution in [0, 0.1) is 23.6 Å². The Hall–Kier alpha value is -2.51. The van der Waals surface area contributed by atoms with Crippen LogP contribution in [0.1, 0.15) is 24.8 Å². The third-order valence-electron chi connectivity index (χ3n) is 6.48. The lowest BCUT2D eigenvalue weighted by Crippen LogP contribution is -2.56. The van der Waals surface area contributed by atoms with Gasteiger partial charge in [0, 0.05) is 24.6 Å². The zero-order valence-electron chi connectivity index (χ0n) is 18.1. The Kier molecular flexibility index (Phi) is 7.29. The van der Waals surface area contributed by atoms with Crippen molar-refractivity contribution in [3.63, 3.8) is 0 Å². The standard InChI is InChI=1S/C24H25Cl2FN2O4/c1-32-22-5-2-13(6-19(22)26)11-28-24(31)17-10-21(15-7-14(17)8-15)29-23(30)12-33-16-3-4-18(25)20(27)9-16/h2-6,9,14-15,17,21H,7-8,10-12H2,1H3,(H,28,31)(H,29,30)/t14?,15?,17?,21-/m0/s1. The lowest BCUT2D eigenvalue weighted by molar-refractivity contribution is -0.136. The second-order valence-corrected chi connectivity index (χ2v) is 9.37. The minimum absolute atomic E-state index is 0.00653. The van der Waals surface area contributed by atoms with Crippen LogP contribution in [0.15, 0.2) is 36.4 Å². The molecule has 2 aromatic carbocycles. The molecule has 0 aliphatic heterocycles. The highest BCUT2D eigenvalue weighted by Crippen LogP contribution is 2.49. The number of rotatable bonds is 8. The number of halogens is 3. The van der Waals surface area contributed by atoms with E-state index in [1.54, 1.807) is 19.2 Å². The van der Waals surface area contributed by atoms with Gasteiger partial charge in [0.05, 0.1) is 17.2 Å². The van der Waals surface area contributed by atoms with Crippen molar-refractivity contribution in [1.29, 1.82) is 0 Å². The second-order valence-electron chi connectivity index (χ2n) is 8.56. The quantitative estimate of drug-likeness (QED) is 0.571. The third-order valence-corrected chi connectivity index (χ3v) is 7.09. The highest BCUT2D eigenvalue weighted by atomic mass is 35.5. The monoisotopic (exact) mass is 494 g/mol. The zero-order chi connectivity index (χ0) is 23.5. The summed E-state index contributed by atoms with van der Waals surface area (Å²) >= 11 is 11.8. The summed E-state index contributed by atoms with van der Waals surface area (Å²) in [6, 6.07) is 9.35. The van der Waals surface area contributed by atoms with Gasteiger partial charge in [0.1, 0.15) is 17.3 Å². The van der Waals surface area contributed by atoms with Gasteiger partial charge in [-0.2, -0.15) is 0 Å². The minimum atomic E-state index is -0.604. The fourth-order valence-corrected chi connectivity index (χ4v) is 5.02. The van der Waals surface area contributed by atoms with Crippen LogP contribution in [0.3, 0.4) is 0 Å². The lowest BCUT2D eigenvalue weighted by atomic mass is 9.57. The minimum Gasteiger partial charge on any atom is -0.495 e. The highest BCUT2D eigenvalue weighted by Gasteiger charge is 2.48. The normalized spacial score (nSPS) is 23.3. The molecule has 5 rings (SSSR count). The van der Waals surface area contributed by atoms with Crippen LogP contribution in [0.25, 0.3) is 0 Å². The van der Waals surface area contributed by atoms with E-state index < -0.39 is 5.82 Å². The van der Waals surface area contributed by atoms with Crippen molar-refractivity contribution in [3.05, 3.63) is 57.8 Å². The molecule has 2 amide bonds. The van der Waals surface area contributed by atoms with Crippen LogP contribution in [-0.4, -0.2) is 31.6 Å². The van der Waals surface area contributed by atoms with Gasteiger partial charge in [-0.3, -0.25) is 9.59 Å². The maximum atomic E-state index is 13.5. The molecule has 2 atom stereocenters. The fraction of sp³-hybridized carbons (Fsp3) is 0.417. The molecule has 1 unspecified atom stereocenters. The summed E-state index contributed by atoms with van der Waals surface area (Å²) in [6.07, 6.45) is 2.42. The first-order valence-electron chi connectivity index (χ1n) is 10.8. The predicted octanol–water partition coefficient (Wildman–Crippen LogP) is 4.37. The van der Waals surface area contributed by atoms with E-state index in [1.165, 1.54) is 12.1 Å². The smallest absolute Gasteiger partial charge is 0.258 e. The first-order valence-corrected chi connectivity index (χ1v) is 11.6. The SMILES string of the molecule is COc1ccc(CNC(=O)C2C[C@H](NC(=O)COc3ccc(Cl)c(F)c3)C3CC2C3)cc1Cl. The van der Waals surface area contributed by atoms with Gasteiger partial charge in [-0.25, -0.2) is 4.39 Å². The maximum Gasteiger partial charge on any atom is 0.258 e. The van der Waals surface area contributed by atoms with Gasteiger partial charge in [-0.15, -0.1) is 0 Å². The molecular formula is C24H25Cl2FN2O4. The van der Waals surface area contributed by atoms with Gasteiger partial charge < -0.3 is 20.1 Å². The average molecular weight is 495 g/mol. The number of methoxy groups -OCH3 is 1. The summed E-state index contributed by atoms with van der Waals surface area (Å²) in [5.41, 5.74) is 0.886. The first kappa shape index (κ1) is 23.6. The lowest BCUT2D eigenvalue weighted by Gasteiger charge is -2.50. The highest BCUT2D eigenvalue weighted by molar-refractivity contribution is 6.32. The Morgan fingerprint density at radius 2 is 1.85 bits per heavy atom. The Morgan fingerprint density at radius 1 is 1.06 bits per heavy atom. The molecule has 3 aliphatic rings. The van der Waals surface area contributed by atoms with E-state index in [0.29, 0.717) is 35.6 Å². The van der Waals surface area contributed by atoms with Gasteiger partial charge in [-0.1, -0.05) is 29.3 Å². The molecule has 0 aromatic heterocycles. The summed E-state index contributed by atoms with van der Waals surface area (Å²) in [5.74, 6) is 0.462. The number of amides is 2. The van der Waals surface area contributed by atoms with Crippen molar-refractivity contribution < 1.29 is 23.5 Å². The number of hydrogen-bond acceptors (Lipinski definition) is 4. The number of carbonyl (C=O) groups is 2. The van der Waals surface area contributed by atoms with Crippen LogP contribution >= 0.6 is 23.2 Å². The van der Waals surface area contributed by atoms with Crippen molar-refractivity contribution in [2.24, 2.45) is 17.8 Å². The van der Waals surface area contributed by atoms with Gasteiger partial charge in [0.2, 0.25) is 5.91 Å². The van der Waals surface area contributed by atoms with Crippen molar-refractivity contribution in [1.82, 2.24) is 10.6 Å². The van der Waals surface area contributed by atoms with E-state index in [2.05, 4.69) is 10.6 Å². The number of benzene rings is 2. The van der Waals surface area contributed by atoms with Crippen LogP contribution in [0.5, 0.6) is 11.5 Å². The summed E-state index contributed by atoms with van der Waals surface area (Å²) in [5, 5.41) is 6.47. The Balaban J connectivity index is 1.27. The van der Waals surface area contributed by atoms with E-state index in [1.807, 2.05) is 6.07 Å². The number of carbonyl (C=O) groups excluding carboxylic acids is 2. The molecule has 33 heavy (non-hydrogen) atoms. The van der Waals surface area contributed by atoms with Crippen molar-refractivity contribution >= 4 is 35.0 Å². The maximum absolute atomic E-state index is 13.5. The molecule has 176 valence electrons. The molecule has 0 heterocycles. The van der Waals surface area contributed by atoms with Crippen LogP contribution < -0.4 is 20.1 Å². The van der Waals surface area contributed by atoms with Gasteiger partial charge in [0.25, 0.3) is 5.91 Å². The molecule has 6 nitrogen and oxygen atoms in total. The van der Waals surface area contributed by atoms with E-state index in [4.69, 9.17) is 32.7 Å². The molecule has 2 bridgehead atoms. The van der Waals surface area contributed by atoms with Gasteiger partial charge in [-0.05, 0) is 60.9 Å². The zero-order valence-corrected chi connectivity index (χ0v) is 19.6. The van der Waals surface area contributed by atoms with Crippen molar-refractivity contribution in [2.75, 3.05) is 13.7 Å². The van der Waals surface area contributed by atoms with E-state index in [9.17, 15) is 14.0 Å². The third kappa shape index (κ3) is 5.53. The number of nitrogens with one attached hydrogen (secondary N) is 2. The van der Waals surface area contributed by atoms with E-state index in [0.717, 1.165) is 24.5 Å². The topological polar surface area (TPSA) is 76.7 Å². The molecule has 0 radical (unpaired) electrons. The molecule has 0 spiro atoms. The number of hydrogen-bond donors (Lipinski definition) is 2. The Bertz CT molecular complexity index is 1050. The first-order chi connectivity index (χ1) is 15.8. The van der Waals surface area contributed by atoms with Crippen LogP contribution in [-0.2, 0) is 16.1 Å². The summed E-state index contributed by atoms with van der Waals surface area (Å²) < 4.78 is 24.0. The Labute approximate surface area is 201 Å². The van der Waals surface area contributed by atoms with Crippen molar-refractivity contribution in [2.45, 2.75) is 31.8 Å². The molecule has 0 saturated heterocycles. The Morgan fingerprint density at radius 3 is 2.55 bits per heavy atom. The molecule has 3 fully saturated rings. The molecule has 3 saturated carbocycles. The predicted molar refractivity (Wildman–Crippen MR) is 123 cm³/mol. The van der Waals surface area contributed by atoms with Crippen LogP contribution in [0.2, 0.25) is 10.0 Å². The molecule has 9 heteroatoms. The average Bonchev–Trinajstić information content (AvgIpc) is 2.77. The number of ether oxygens (including phenoxy) is 2. The summed E-state index contributed by atoms with van der Waals surface area (Å²) in [4.78, 5) is 25.3. The van der Waals surface area contributed by atoms with E-state index in [-0.39, 0.29) is 41.2 Å². The molecule has 2 N–H and O–H groups in total. The fourth-order valence-electron chi connectivity index (χ4n) is 4.63. The molecule has 3 aliphatic carbocycles. The largest absolute Gasteiger partial charge is 0.495 e. The summed E-state index contributed by atoms with van der Waals surface area (Å²) in [7, 11) is 1.55. The van der Waals surface area contributed by atoms with Gasteiger partial charge in [0.15, 0.2) is 6.61 Å². The number of fused-ring (bicyclic) bond motifs is 2. The van der Waals surface area contributed by atoms with Crippen LogP contribution in [0.4, 0.5) is 4.39 Å². The second kappa shape index (κ2) is 10.2.